The molecule has 118 valence electrons. The standard InChI is InChI=1S/C18H19N3O2/c1-14-11-17(20(2)19-14)18(22)21(13-16-9-6-10-23-16)12-15-7-4-3-5-8-15/h3-11H,12-13H2,1-2H3. The van der Waals surface area contributed by atoms with Crippen LogP contribution in [-0.4, -0.2) is 20.6 Å². The third-order valence-electron chi connectivity index (χ3n) is 3.65. The summed E-state index contributed by atoms with van der Waals surface area (Å²) in [6.45, 7) is 2.82. The molecule has 0 saturated heterocycles. The van der Waals surface area contributed by atoms with Gasteiger partial charge in [-0.25, -0.2) is 0 Å². The molecule has 0 bridgehead atoms. The number of furan rings is 1. The average Bonchev–Trinajstić information content (AvgIpc) is 3.16. The lowest BCUT2D eigenvalue weighted by Gasteiger charge is -2.21. The van der Waals surface area contributed by atoms with Crippen LogP contribution in [0, 0.1) is 6.92 Å². The number of rotatable bonds is 5. The van der Waals surface area contributed by atoms with Crippen LogP contribution in [0.4, 0.5) is 0 Å². The van der Waals surface area contributed by atoms with E-state index in [1.54, 1.807) is 22.9 Å². The molecule has 1 amide bonds. The van der Waals surface area contributed by atoms with Gasteiger partial charge in [0.15, 0.2) is 0 Å². The Morgan fingerprint density at radius 2 is 1.96 bits per heavy atom. The van der Waals surface area contributed by atoms with E-state index in [0.717, 1.165) is 17.0 Å². The summed E-state index contributed by atoms with van der Waals surface area (Å²) in [6.07, 6.45) is 1.62. The Morgan fingerprint density at radius 1 is 1.17 bits per heavy atom. The van der Waals surface area contributed by atoms with Gasteiger partial charge in [-0.2, -0.15) is 5.10 Å². The van der Waals surface area contributed by atoms with Crippen molar-refractivity contribution >= 4 is 5.91 Å². The highest BCUT2D eigenvalue weighted by Crippen LogP contribution is 2.15. The number of benzene rings is 1. The van der Waals surface area contributed by atoms with Crippen LogP contribution in [0.1, 0.15) is 27.5 Å². The van der Waals surface area contributed by atoms with Gasteiger partial charge in [-0.15, -0.1) is 0 Å². The van der Waals surface area contributed by atoms with Gasteiger partial charge in [0.05, 0.1) is 18.5 Å². The predicted octanol–water partition coefficient (Wildman–Crippen LogP) is 3.16. The fraction of sp³-hybridized carbons (Fsp3) is 0.222. The van der Waals surface area contributed by atoms with Crippen LogP contribution in [0.25, 0.3) is 0 Å². The highest BCUT2D eigenvalue weighted by molar-refractivity contribution is 5.92. The smallest absolute Gasteiger partial charge is 0.272 e. The van der Waals surface area contributed by atoms with Crippen molar-refractivity contribution in [2.24, 2.45) is 7.05 Å². The van der Waals surface area contributed by atoms with Crippen LogP contribution >= 0.6 is 0 Å². The maximum atomic E-state index is 12.9. The lowest BCUT2D eigenvalue weighted by molar-refractivity contribution is 0.0706. The molecule has 5 heteroatoms. The van der Waals surface area contributed by atoms with Gasteiger partial charge in [0.2, 0.25) is 0 Å². The molecule has 0 unspecified atom stereocenters. The molecule has 5 nitrogen and oxygen atoms in total. The van der Waals surface area contributed by atoms with Crippen molar-refractivity contribution in [3.05, 3.63) is 77.5 Å². The number of amides is 1. The molecule has 23 heavy (non-hydrogen) atoms. The van der Waals surface area contributed by atoms with Gasteiger partial charge < -0.3 is 9.32 Å². The summed E-state index contributed by atoms with van der Waals surface area (Å²) < 4.78 is 7.03. The van der Waals surface area contributed by atoms with Crippen LogP contribution < -0.4 is 0 Å². The fourth-order valence-corrected chi connectivity index (χ4v) is 2.57. The van der Waals surface area contributed by atoms with Crippen molar-refractivity contribution in [3.63, 3.8) is 0 Å². The van der Waals surface area contributed by atoms with Crippen LogP contribution in [0.5, 0.6) is 0 Å². The molecule has 0 atom stereocenters. The molecule has 2 aromatic heterocycles. The largest absolute Gasteiger partial charge is 0.467 e. The monoisotopic (exact) mass is 309 g/mol. The summed E-state index contributed by atoms with van der Waals surface area (Å²) in [5.74, 6) is 0.696. The second kappa shape index (κ2) is 6.52. The minimum Gasteiger partial charge on any atom is -0.467 e. The number of hydrogen-bond acceptors (Lipinski definition) is 3. The molecule has 0 saturated carbocycles. The quantitative estimate of drug-likeness (QED) is 0.727. The van der Waals surface area contributed by atoms with E-state index in [1.165, 1.54) is 0 Å². The maximum Gasteiger partial charge on any atom is 0.272 e. The molecule has 2 heterocycles. The Kier molecular flexibility index (Phi) is 4.28. The minimum atomic E-state index is -0.0617. The van der Waals surface area contributed by atoms with E-state index >= 15 is 0 Å². The summed E-state index contributed by atoms with van der Waals surface area (Å²) in [6, 6.07) is 15.4. The first-order valence-electron chi connectivity index (χ1n) is 7.49. The van der Waals surface area contributed by atoms with Crippen LogP contribution in [0.3, 0.4) is 0 Å². The Hall–Kier alpha value is -2.82. The van der Waals surface area contributed by atoms with Crippen LogP contribution in [-0.2, 0) is 20.1 Å². The lowest BCUT2D eigenvalue weighted by Crippen LogP contribution is -2.31. The van der Waals surface area contributed by atoms with Gasteiger partial charge in [-0.05, 0) is 30.7 Å². The fourth-order valence-electron chi connectivity index (χ4n) is 2.57. The Bertz CT molecular complexity index is 776. The summed E-state index contributed by atoms with van der Waals surface area (Å²) in [4.78, 5) is 14.7. The SMILES string of the molecule is Cc1cc(C(=O)N(Cc2ccccc2)Cc2ccco2)n(C)n1. The van der Waals surface area contributed by atoms with Crippen molar-refractivity contribution in [3.8, 4) is 0 Å². The van der Waals surface area contributed by atoms with E-state index in [4.69, 9.17) is 4.42 Å². The lowest BCUT2D eigenvalue weighted by atomic mass is 10.2. The van der Waals surface area contributed by atoms with Crippen molar-refractivity contribution < 1.29 is 9.21 Å². The molecule has 3 aromatic rings. The third-order valence-corrected chi connectivity index (χ3v) is 3.65. The average molecular weight is 309 g/mol. The van der Waals surface area contributed by atoms with Crippen molar-refractivity contribution in [2.45, 2.75) is 20.0 Å². The number of carbonyl (C=O) groups excluding carboxylic acids is 1. The third kappa shape index (κ3) is 3.51. The Balaban J connectivity index is 1.87. The Morgan fingerprint density at radius 3 is 2.57 bits per heavy atom. The number of carbonyl (C=O) groups is 1. The first-order chi connectivity index (χ1) is 11.1. The van der Waals surface area contributed by atoms with E-state index in [1.807, 2.05) is 55.5 Å². The summed E-state index contributed by atoms with van der Waals surface area (Å²) in [7, 11) is 1.79. The first kappa shape index (κ1) is 15.1. The molecule has 0 aliphatic rings. The van der Waals surface area contributed by atoms with E-state index in [0.29, 0.717) is 18.8 Å². The number of nitrogens with zero attached hydrogens (tertiary/aromatic N) is 3. The summed E-state index contributed by atoms with van der Waals surface area (Å²) in [5.41, 5.74) is 2.48. The van der Waals surface area contributed by atoms with E-state index in [-0.39, 0.29) is 5.91 Å². The number of aryl methyl sites for hydroxylation is 2. The molecule has 0 aliphatic heterocycles. The van der Waals surface area contributed by atoms with Crippen LogP contribution in [0.2, 0.25) is 0 Å². The molecule has 1 aromatic carbocycles. The van der Waals surface area contributed by atoms with Crippen molar-refractivity contribution in [1.82, 2.24) is 14.7 Å². The van der Waals surface area contributed by atoms with E-state index in [2.05, 4.69) is 5.10 Å². The zero-order chi connectivity index (χ0) is 16.2. The minimum absolute atomic E-state index is 0.0617. The number of aromatic nitrogens is 2. The summed E-state index contributed by atoms with van der Waals surface area (Å²) >= 11 is 0. The first-order valence-corrected chi connectivity index (χ1v) is 7.49. The van der Waals surface area contributed by atoms with Gasteiger partial charge in [0, 0.05) is 13.6 Å². The highest BCUT2D eigenvalue weighted by Gasteiger charge is 2.21. The zero-order valence-corrected chi connectivity index (χ0v) is 13.3. The van der Waals surface area contributed by atoms with E-state index < -0.39 is 0 Å². The van der Waals surface area contributed by atoms with Gasteiger partial charge in [0.25, 0.3) is 5.91 Å². The molecule has 0 aliphatic carbocycles. The molecule has 0 N–H and O–H groups in total. The zero-order valence-electron chi connectivity index (χ0n) is 13.3. The van der Waals surface area contributed by atoms with E-state index in [9.17, 15) is 4.79 Å². The normalized spacial score (nSPS) is 10.7. The van der Waals surface area contributed by atoms with Crippen molar-refractivity contribution in [2.75, 3.05) is 0 Å². The molecule has 0 fully saturated rings. The van der Waals surface area contributed by atoms with Gasteiger partial charge in [-0.1, -0.05) is 30.3 Å². The molecule has 0 radical (unpaired) electrons. The number of hydrogen-bond donors (Lipinski definition) is 0. The highest BCUT2D eigenvalue weighted by atomic mass is 16.3. The molecule has 3 rings (SSSR count). The van der Waals surface area contributed by atoms with Gasteiger partial charge >= 0.3 is 0 Å². The maximum absolute atomic E-state index is 12.9. The molecular formula is C18H19N3O2. The van der Waals surface area contributed by atoms with Crippen molar-refractivity contribution in [1.29, 1.82) is 0 Å². The van der Waals surface area contributed by atoms with Gasteiger partial charge in [-0.3, -0.25) is 9.48 Å². The summed E-state index contributed by atoms with van der Waals surface area (Å²) in [5, 5.41) is 4.26. The second-order valence-corrected chi connectivity index (χ2v) is 5.52. The molecular weight excluding hydrogens is 290 g/mol. The predicted molar refractivity (Wildman–Crippen MR) is 86.7 cm³/mol. The Labute approximate surface area is 135 Å². The topological polar surface area (TPSA) is 51.3 Å². The second-order valence-electron chi connectivity index (χ2n) is 5.52. The van der Waals surface area contributed by atoms with Gasteiger partial charge in [0.1, 0.15) is 11.5 Å². The molecule has 0 spiro atoms. The van der Waals surface area contributed by atoms with Crippen LogP contribution in [0.15, 0.2) is 59.2 Å².